The van der Waals surface area contributed by atoms with Gasteiger partial charge in [0.15, 0.2) is 5.82 Å². The van der Waals surface area contributed by atoms with Crippen molar-refractivity contribution in [2.75, 3.05) is 0 Å². The van der Waals surface area contributed by atoms with Crippen LogP contribution >= 0.6 is 0 Å². The Balaban J connectivity index is 1.31. The molecule has 5 nitrogen and oxygen atoms in total. The fraction of sp³-hybridized carbons (Fsp3) is 0. The van der Waals surface area contributed by atoms with Crippen LogP contribution in [0.4, 0.5) is 4.39 Å². The molecule has 0 radical (unpaired) electrons. The molecule has 6 heteroatoms. The molecule has 0 atom stereocenters. The molecule has 204 valence electrons. The van der Waals surface area contributed by atoms with Gasteiger partial charge in [-0.25, -0.2) is 19.3 Å². The highest BCUT2D eigenvalue weighted by molar-refractivity contribution is 5.76. The largest absolute Gasteiger partial charge is 0.255 e. The maximum atomic E-state index is 13.7. The van der Waals surface area contributed by atoms with Crippen LogP contribution < -0.4 is 0 Å². The number of halogens is 1. The molecule has 0 aliphatic rings. The third-order valence-electron chi connectivity index (χ3n) is 7.08. The fourth-order valence-corrected chi connectivity index (χ4v) is 4.88. The lowest BCUT2D eigenvalue weighted by atomic mass is 10.0. The molecule has 4 heterocycles. The molecule has 0 aliphatic heterocycles. The van der Waals surface area contributed by atoms with Crippen LogP contribution in [0.25, 0.3) is 67.8 Å². The minimum atomic E-state index is -0.282. The zero-order valence-corrected chi connectivity index (χ0v) is 23.0. The molecule has 7 aromatic rings. The first-order chi connectivity index (χ1) is 21.2. The fourth-order valence-electron chi connectivity index (χ4n) is 4.88. The van der Waals surface area contributed by atoms with Crippen LogP contribution in [0.2, 0.25) is 0 Å². The molecular weight excluding hydrogens is 533 g/mol. The molecule has 4 aromatic heterocycles. The Bertz CT molecular complexity index is 1940. The van der Waals surface area contributed by atoms with E-state index in [2.05, 4.69) is 4.98 Å². The number of hydrogen-bond donors (Lipinski definition) is 0. The third kappa shape index (κ3) is 5.67. The van der Waals surface area contributed by atoms with Crippen LogP contribution in [-0.4, -0.2) is 24.9 Å². The van der Waals surface area contributed by atoms with Crippen LogP contribution in [0, 0.1) is 5.82 Å². The van der Waals surface area contributed by atoms with Crippen molar-refractivity contribution >= 4 is 0 Å². The summed E-state index contributed by atoms with van der Waals surface area (Å²) in [7, 11) is 0. The van der Waals surface area contributed by atoms with Gasteiger partial charge in [-0.3, -0.25) is 9.97 Å². The molecule has 0 unspecified atom stereocenters. The Morgan fingerprint density at radius 1 is 0.372 bits per heavy atom. The Morgan fingerprint density at radius 3 is 1.60 bits per heavy atom. The minimum Gasteiger partial charge on any atom is -0.255 e. The summed E-state index contributed by atoms with van der Waals surface area (Å²) in [6.07, 6.45) is 3.55. The number of hydrogen-bond acceptors (Lipinski definition) is 5. The monoisotopic (exact) mass is 557 g/mol. The summed E-state index contributed by atoms with van der Waals surface area (Å²) >= 11 is 0. The topological polar surface area (TPSA) is 64.5 Å². The number of pyridine rings is 3. The van der Waals surface area contributed by atoms with Crippen molar-refractivity contribution in [2.45, 2.75) is 0 Å². The maximum Gasteiger partial charge on any atom is 0.160 e. The van der Waals surface area contributed by atoms with Crippen molar-refractivity contribution in [3.63, 3.8) is 0 Å². The lowest BCUT2D eigenvalue weighted by Gasteiger charge is -2.11. The zero-order valence-electron chi connectivity index (χ0n) is 23.0. The van der Waals surface area contributed by atoms with Gasteiger partial charge in [0, 0.05) is 29.1 Å². The van der Waals surface area contributed by atoms with E-state index in [1.165, 1.54) is 12.1 Å². The average Bonchev–Trinajstić information content (AvgIpc) is 3.09. The molecule has 0 N–H and O–H groups in total. The summed E-state index contributed by atoms with van der Waals surface area (Å²) in [5, 5.41) is 0. The van der Waals surface area contributed by atoms with Gasteiger partial charge in [-0.05, 0) is 65.7 Å². The van der Waals surface area contributed by atoms with Crippen molar-refractivity contribution in [2.24, 2.45) is 0 Å². The second-order valence-corrected chi connectivity index (χ2v) is 9.97. The minimum absolute atomic E-state index is 0.282. The average molecular weight is 558 g/mol. The molecule has 0 saturated carbocycles. The van der Waals surface area contributed by atoms with Gasteiger partial charge >= 0.3 is 0 Å². The second-order valence-electron chi connectivity index (χ2n) is 9.97. The lowest BCUT2D eigenvalue weighted by molar-refractivity contribution is 0.628. The zero-order chi connectivity index (χ0) is 29.0. The lowest BCUT2D eigenvalue weighted by Crippen LogP contribution is -1.97. The first-order valence-corrected chi connectivity index (χ1v) is 13.9. The van der Waals surface area contributed by atoms with Crippen molar-refractivity contribution in [3.05, 3.63) is 152 Å². The Kier molecular flexibility index (Phi) is 6.99. The van der Waals surface area contributed by atoms with Gasteiger partial charge in [0.2, 0.25) is 0 Å². The van der Waals surface area contributed by atoms with Gasteiger partial charge in [0.25, 0.3) is 0 Å². The van der Waals surface area contributed by atoms with Crippen molar-refractivity contribution in [1.29, 1.82) is 0 Å². The van der Waals surface area contributed by atoms with Gasteiger partial charge < -0.3 is 0 Å². The van der Waals surface area contributed by atoms with Crippen LogP contribution in [-0.2, 0) is 0 Å². The van der Waals surface area contributed by atoms with Crippen LogP contribution in [0.15, 0.2) is 146 Å². The molecular formula is C37H24FN5. The van der Waals surface area contributed by atoms with Crippen LogP contribution in [0.1, 0.15) is 0 Å². The molecule has 43 heavy (non-hydrogen) atoms. The van der Waals surface area contributed by atoms with E-state index in [1.807, 2.05) is 115 Å². The summed E-state index contributed by atoms with van der Waals surface area (Å²) in [4.78, 5) is 24.0. The highest BCUT2D eigenvalue weighted by Gasteiger charge is 2.13. The van der Waals surface area contributed by atoms with Crippen molar-refractivity contribution in [1.82, 2.24) is 24.9 Å². The van der Waals surface area contributed by atoms with Gasteiger partial charge in [0.05, 0.1) is 34.2 Å². The molecule has 0 amide bonds. The SMILES string of the molecule is Fc1ccc(-c2cc(-c3ccccn3)nc(-c3ccc(-c4cc(-c5ccccc5)nc(-c5ccccc5)n4)cn3)c2)cc1. The standard InChI is InChI=1S/C37H24FN5/c38-30-17-14-25(15-18-30)29-21-35(31-13-7-8-20-39-31)41-36(22-29)32-19-16-28(24-40-32)34-23-33(26-9-3-1-4-10-26)42-37(43-34)27-11-5-2-6-12-27/h1-24H. The number of benzene rings is 3. The van der Waals surface area contributed by atoms with E-state index in [0.29, 0.717) is 22.9 Å². The maximum absolute atomic E-state index is 13.7. The molecule has 0 fully saturated rings. The summed E-state index contributed by atoms with van der Waals surface area (Å²) in [6, 6.07) is 42.1. The van der Waals surface area contributed by atoms with E-state index >= 15 is 0 Å². The molecule has 0 saturated heterocycles. The van der Waals surface area contributed by atoms with E-state index in [4.69, 9.17) is 19.9 Å². The van der Waals surface area contributed by atoms with E-state index in [9.17, 15) is 4.39 Å². The predicted molar refractivity (Wildman–Crippen MR) is 168 cm³/mol. The molecule has 7 rings (SSSR count). The number of aromatic nitrogens is 5. The Labute approximate surface area is 248 Å². The first-order valence-electron chi connectivity index (χ1n) is 13.9. The van der Waals surface area contributed by atoms with Gasteiger partial charge in [-0.1, -0.05) is 78.9 Å². The third-order valence-corrected chi connectivity index (χ3v) is 7.08. The van der Waals surface area contributed by atoms with E-state index < -0.39 is 0 Å². The van der Waals surface area contributed by atoms with Gasteiger partial charge in [-0.2, -0.15) is 0 Å². The van der Waals surface area contributed by atoms with E-state index in [-0.39, 0.29) is 5.82 Å². The summed E-state index contributed by atoms with van der Waals surface area (Å²) in [5.74, 6) is 0.366. The van der Waals surface area contributed by atoms with Crippen LogP contribution in [0.3, 0.4) is 0 Å². The van der Waals surface area contributed by atoms with E-state index in [0.717, 1.165) is 44.9 Å². The summed E-state index contributed by atoms with van der Waals surface area (Å²) < 4.78 is 13.7. The van der Waals surface area contributed by atoms with E-state index in [1.54, 1.807) is 18.3 Å². The van der Waals surface area contributed by atoms with Gasteiger partial charge in [0.1, 0.15) is 5.82 Å². The smallest absolute Gasteiger partial charge is 0.160 e. The second kappa shape index (κ2) is 11.5. The summed E-state index contributed by atoms with van der Waals surface area (Å²) in [6.45, 7) is 0. The van der Waals surface area contributed by atoms with Gasteiger partial charge in [-0.15, -0.1) is 0 Å². The highest BCUT2D eigenvalue weighted by atomic mass is 19.1. The molecule has 0 bridgehead atoms. The first kappa shape index (κ1) is 26.0. The molecule has 0 spiro atoms. The normalized spacial score (nSPS) is 10.9. The van der Waals surface area contributed by atoms with Crippen molar-refractivity contribution in [3.8, 4) is 67.8 Å². The van der Waals surface area contributed by atoms with Crippen molar-refractivity contribution < 1.29 is 4.39 Å². The summed E-state index contributed by atoms with van der Waals surface area (Å²) in [5.41, 5.74) is 9.03. The quantitative estimate of drug-likeness (QED) is 0.204. The molecule has 0 aliphatic carbocycles. The highest BCUT2D eigenvalue weighted by Crippen LogP contribution is 2.31. The number of rotatable bonds is 6. The number of nitrogens with zero attached hydrogens (tertiary/aromatic N) is 5. The molecule has 3 aromatic carbocycles. The Morgan fingerprint density at radius 2 is 0.977 bits per heavy atom. The Hall–Kier alpha value is -5.88. The van der Waals surface area contributed by atoms with Crippen LogP contribution in [0.5, 0.6) is 0 Å². The predicted octanol–water partition coefficient (Wildman–Crippen LogP) is 8.80.